The van der Waals surface area contributed by atoms with Gasteiger partial charge in [-0.25, -0.2) is 0 Å². The van der Waals surface area contributed by atoms with Crippen LogP contribution in [0, 0.1) is 6.92 Å². The third-order valence-corrected chi connectivity index (χ3v) is 4.70. The minimum Gasteiger partial charge on any atom is -0.351 e. The molecular formula is C20H23ClN2O. The van der Waals surface area contributed by atoms with E-state index in [1.807, 2.05) is 36.4 Å². The number of hydrogen-bond donors (Lipinski definition) is 1. The smallest absolute Gasteiger partial charge is 0.234 e. The third-order valence-electron chi connectivity index (χ3n) is 4.45. The Balaban J connectivity index is 1.54. The topological polar surface area (TPSA) is 32.3 Å². The van der Waals surface area contributed by atoms with Crippen molar-refractivity contribution in [3.8, 4) is 0 Å². The second kappa shape index (κ2) is 7.82. The van der Waals surface area contributed by atoms with Gasteiger partial charge in [-0.3, -0.25) is 9.69 Å². The fourth-order valence-electron chi connectivity index (χ4n) is 2.82. The maximum Gasteiger partial charge on any atom is 0.234 e. The molecule has 0 spiro atoms. The molecule has 24 heavy (non-hydrogen) atoms. The van der Waals surface area contributed by atoms with Gasteiger partial charge in [0.15, 0.2) is 0 Å². The Morgan fingerprint density at radius 3 is 2.54 bits per heavy atom. The fourth-order valence-corrected chi connectivity index (χ4v) is 2.95. The van der Waals surface area contributed by atoms with Gasteiger partial charge in [-0.2, -0.15) is 0 Å². The number of carbonyl (C=O) groups excluding carboxylic acids is 1. The lowest BCUT2D eigenvalue weighted by Crippen LogP contribution is -2.37. The summed E-state index contributed by atoms with van der Waals surface area (Å²) in [5.41, 5.74) is 3.57. The maximum atomic E-state index is 12.3. The van der Waals surface area contributed by atoms with Crippen LogP contribution < -0.4 is 5.32 Å². The number of nitrogens with one attached hydrogen (secondary N) is 1. The summed E-state index contributed by atoms with van der Waals surface area (Å²) in [5, 5.41) is 3.79. The number of benzene rings is 2. The lowest BCUT2D eigenvalue weighted by molar-refractivity contribution is -0.122. The van der Waals surface area contributed by atoms with E-state index in [4.69, 9.17) is 11.6 Å². The van der Waals surface area contributed by atoms with E-state index in [1.54, 1.807) is 0 Å². The highest BCUT2D eigenvalue weighted by atomic mass is 35.5. The largest absolute Gasteiger partial charge is 0.351 e. The van der Waals surface area contributed by atoms with E-state index < -0.39 is 0 Å². The van der Waals surface area contributed by atoms with Crippen molar-refractivity contribution in [3.05, 3.63) is 70.2 Å². The average Bonchev–Trinajstić information content (AvgIpc) is 3.40. The fraction of sp³-hybridized carbons (Fsp3) is 0.350. The summed E-state index contributed by atoms with van der Waals surface area (Å²) in [4.78, 5) is 14.6. The Kier molecular flexibility index (Phi) is 5.54. The predicted octanol–water partition coefficient (Wildman–Crippen LogP) is 3.93. The molecule has 0 radical (unpaired) electrons. The number of carbonyl (C=O) groups is 1. The van der Waals surface area contributed by atoms with Crippen LogP contribution in [0.2, 0.25) is 5.02 Å². The second-order valence-electron chi connectivity index (χ2n) is 6.47. The van der Waals surface area contributed by atoms with Crippen molar-refractivity contribution in [3.63, 3.8) is 0 Å². The molecule has 0 atom stereocenters. The number of amides is 1. The first-order valence-corrected chi connectivity index (χ1v) is 8.79. The molecule has 1 aliphatic rings. The molecular weight excluding hydrogens is 320 g/mol. The van der Waals surface area contributed by atoms with Crippen LogP contribution in [0.15, 0.2) is 48.5 Å². The van der Waals surface area contributed by atoms with Crippen LogP contribution in [0.1, 0.15) is 29.5 Å². The van der Waals surface area contributed by atoms with Gasteiger partial charge < -0.3 is 5.32 Å². The maximum absolute atomic E-state index is 12.3. The van der Waals surface area contributed by atoms with Crippen LogP contribution in [0.25, 0.3) is 0 Å². The standard InChI is InChI=1S/C20H23ClN2O/c1-15-4-2-3-5-17(15)12-22-20(24)14-23(19-10-11-19)13-16-6-8-18(21)9-7-16/h2-9,19H,10-14H2,1H3,(H,22,24). The number of aryl methyl sites for hydroxylation is 1. The summed E-state index contributed by atoms with van der Waals surface area (Å²) in [7, 11) is 0. The molecule has 1 fully saturated rings. The molecule has 0 aromatic heterocycles. The molecule has 1 saturated carbocycles. The van der Waals surface area contributed by atoms with Gasteiger partial charge in [-0.15, -0.1) is 0 Å². The van der Waals surface area contributed by atoms with Gasteiger partial charge in [0.1, 0.15) is 0 Å². The highest BCUT2D eigenvalue weighted by Gasteiger charge is 2.30. The minimum absolute atomic E-state index is 0.0825. The van der Waals surface area contributed by atoms with Crippen LogP contribution in [0.3, 0.4) is 0 Å². The molecule has 0 heterocycles. The monoisotopic (exact) mass is 342 g/mol. The highest BCUT2D eigenvalue weighted by molar-refractivity contribution is 6.30. The molecule has 2 aromatic rings. The number of hydrogen-bond acceptors (Lipinski definition) is 2. The second-order valence-corrected chi connectivity index (χ2v) is 6.90. The lowest BCUT2D eigenvalue weighted by atomic mass is 10.1. The zero-order valence-electron chi connectivity index (χ0n) is 14.0. The summed E-state index contributed by atoms with van der Waals surface area (Å²) in [6, 6.07) is 16.5. The molecule has 1 aliphatic carbocycles. The van der Waals surface area contributed by atoms with Crippen LogP contribution >= 0.6 is 11.6 Å². The Labute approximate surface area is 148 Å². The predicted molar refractivity (Wildman–Crippen MR) is 97.9 cm³/mol. The van der Waals surface area contributed by atoms with Crippen LogP contribution in [-0.4, -0.2) is 23.4 Å². The summed E-state index contributed by atoms with van der Waals surface area (Å²) in [6.07, 6.45) is 2.36. The summed E-state index contributed by atoms with van der Waals surface area (Å²) >= 11 is 5.94. The van der Waals surface area contributed by atoms with Gasteiger partial charge in [0.05, 0.1) is 6.54 Å². The van der Waals surface area contributed by atoms with E-state index in [-0.39, 0.29) is 5.91 Å². The molecule has 2 aromatic carbocycles. The van der Waals surface area contributed by atoms with E-state index in [9.17, 15) is 4.79 Å². The number of rotatable bonds is 7. The lowest BCUT2D eigenvalue weighted by Gasteiger charge is -2.21. The van der Waals surface area contributed by atoms with Gasteiger partial charge in [-0.05, 0) is 48.6 Å². The first kappa shape index (κ1) is 17.0. The molecule has 0 saturated heterocycles. The first-order chi connectivity index (χ1) is 11.6. The van der Waals surface area contributed by atoms with E-state index in [0.717, 1.165) is 11.6 Å². The van der Waals surface area contributed by atoms with Gasteiger partial charge in [0, 0.05) is 24.2 Å². The molecule has 1 N–H and O–H groups in total. The number of halogens is 1. The van der Waals surface area contributed by atoms with Crippen molar-refractivity contribution in [1.82, 2.24) is 10.2 Å². The molecule has 3 nitrogen and oxygen atoms in total. The summed E-state index contributed by atoms with van der Waals surface area (Å²) in [5.74, 6) is 0.0825. The minimum atomic E-state index is 0.0825. The van der Waals surface area contributed by atoms with Crippen molar-refractivity contribution in [2.75, 3.05) is 6.54 Å². The summed E-state index contributed by atoms with van der Waals surface area (Å²) < 4.78 is 0. The van der Waals surface area contributed by atoms with Crippen molar-refractivity contribution in [2.45, 2.75) is 38.9 Å². The molecule has 0 bridgehead atoms. The van der Waals surface area contributed by atoms with Crippen molar-refractivity contribution < 1.29 is 4.79 Å². The Morgan fingerprint density at radius 1 is 1.17 bits per heavy atom. The Morgan fingerprint density at radius 2 is 1.88 bits per heavy atom. The molecule has 126 valence electrons. The van der Waals surface area contributed by atoms with E-state index in [2.05, 4.69) is 29.3 Å². The number of nitrogens with zero attached hydrogens (tertiary/aromatic N) is 1. The molecule has 4 heteroatoms. The molecule has 0 unspecified atom stereocenters. The zero-order chi connectivity index (χ0) is 16.9. The third kappa shape index (κ3) is 4.83. The summed E-state index contributed by atoms with van der Waals surface area (Å²) in [6.45, 7) is 3.89. The molecule has 3 rings (SSSR count). The van der Waals surface area contributed by atoms with Gasteiger partial charge in [-0.1, -0.05) is 48.0 Å². The normalized spacial score (nSPS) is 14.0. The Hall–Kier alpha value is -1.84. The van der Waals surface area contributed by atoms with E-state index >= 15 is 0 Å². The average molecular weight is 343 g/mol. The molecule has 0 aliphatic heterocycles. The van der Waals surface area contributed by atoms with Crippen LogP contribution in [-0.2, 0) is 17.9 Å². The van der Waals surface area contributed by atoms with Crippen molar-refractivity contribution >= 4 is 17.5 Å². The van der Waals surface area contributed by atoms with Gasteiger partial charge in [0.2, 0.25) is 5.91 Å². The Bertz CT molecular complexity index is 695. The molecule has 1 amide bonds. The quantitative estimate of drug-likeness (QED) is 0.826. The van der Waals surface area contributed by atoms with E-state index in [0.29, 0.717) is 19.1 Å². The van der Waals surface area contributed by atoms with Gasteiger partial charge >= 0.3 is 0 Å². The van der Waals surface area contributed by atoms with E-state index in [1.165, 1.54) is 29.5 Å². The van der Waals surface area contributed by atoms with Crippen LogP contribution in [0.4, 0.5) is 0 Å². The SMILES string of the molecule is Cc1ccccc1CNC(=O)CN(Cc1ccc(Cl)cc1)C1CC1. The highest BCUT2D eigenvalue weighted by Crippen LogP contribution is 2.28. The van der Waals surface area contributed by atoms with Crippen molar-refractivity contribution in [1.29, 1.82) is 0 Å². The van der Waals surface area contributed by atoms with Crippen molar-refractivity contribution in [2.24, 2.45) is 0 Å². The zero-order valence-corrected chi connectivity index (χ0v) is 14.7. The van der Waals surface area contributed by atoms with Gasteiger partial charge in [0.25, 0.3) is 0 Å². The first-order valence-electron chi connectivity index (χ1n) is 8.41. The van der Waals surface area contributed by atoms with Crippen LogP contribution in [0.5, 0.6) is 0 Å².